The van der Waals surface area contributed by atoms with Crippen LogP contribution in [-0.2, 0) is 9.53 Å². The maximum atomic E-state index is 12.0. The topological polar surface area (TPSA) is 50.4 Å². The average Bonchev–Trinajstić information content (AvgIpc) is 2.46. The highest BCUT2D eigenvalue weighted by Gasteiger charge is 2.15. The molecule has 4 nitrogen and oxygen atoms in total. The van der Waals surface area contributed by atoms with Crippen molar-refractivity contribution in [3.8, 4) is 0 Å². The molecule has 1 amide bonds. The third kappa shape index (κ3) is 8.46. The van der Waals surface area contributed by atoms with Gasteiger partial charge in [-0.05, 0) is 25.1 Å². The van der Waals surface area contributed by atoms with Crippen molar-refractivity contribution in [3.05, 3.63) is 28.2 Å². The molecule has 0 saturated heterocycles. The van der Waals surface area contributed by atoms with E-state index in [0.29, 0.717) is 29.7 Å². The lowest BCUT2D eigenvalue weighted by Gasteiger charge is -2.13. The molecule has 8 heteroatoms. The number of amides is 1. The van der Waals surface area contributed by atoms with Crippen molar-refractivity contribution in [1.29, 1.82) is 0 Å². The molecule has 0 saturated carbocycles. The summed E-state index contributed by atoms with van der Waals surface area (Å²) in [6.45, 7) is 4.57. The maximum Gasteiger partial charge on any atom is 0.233 e. The van der Waals surface area contributed by atoms with Crippen LogP contribution in [0.1, 0.15) is 6.92 Å². The van der Waals surface area contributed by atoms with Crippen LogP contribution in [0, 0.1) is 0 Å². The summed E-state index contributed by atoms with van der Waals surface area (Å²) >= 11 is 13.4. The number of carbonyl (C=O) groups is 1. The number of rotatable bonds is 9. The third-order valence-electron chi connectivity index (χ3n) is 2.65. The van der Waals surface area contributed by atoms with Crippen LogP contribution in [-0.4, -0.2) is 44.5 Å². The Balaban J connectivity index is 0.00000441. The first-order valence-electron chi connectivity index (χ1n) is 6.63. The summed E-state index contributed by atoms with van der Waals surface area (Å²) in [4.78, 5) is 12.8. The zero-order valence-electron chi connectivity index (χ0n) is 12.5. The number of carbonyl (C=O) groups excluding carboxylic acids is 1. The van der Waals surface area contributed by atoms with Gasteiger partial charge in [0.25, 0.3) is 0 Å². The summed E-state index contributed by atoms with van der Waals surface area (Å²) in [6, 6.07) is 5.23. The van der Waals surface area contributed by atoms with Crippen molar-refractivity contribution in [2.45, 2.75) is 17.1 Å². The number of ether oxygens (including phenoxy) is 1. The lowest BCUT2D eigenvalue weighted by atomic mass is 10.4. The Hall–Kier alpha value is -0.170. The molecule has 0 aromatic heterocycles. The van der Waals surface area contributed by atoms with E-state index < -0.39 is 0 Å². The minimum absolute atomic E-state index is 0. The third-order valence-corrected chi connectivity index (χ3v) is 4.49. The van der Waals surface area contributed by atoms with E-state index in [-0.39, 0.29) is 23.6 Å². The van der Waals surface area contributed by atoms with Crippen molar-refractivity contribution < 1.29 is 9.53 Å². The molecule has 0 bridgehead atoms. The molecule has 1 aromatic rings. The Bertz CT molecular complexity index is 464. The van der Waals surface area contributed by atoms with E-state index in [1.807, 2.05) is 6.92 Å². The summed E-state index contributed by atoms with van der Waals surface area (Å²) < 4.78 is 4.92. The molecule has 0 radical (unpaired) electrons. The number of hydrogen-bond acceptors (Lipinski definition) is 4. The largest absolute Gasteiger partial charge is 0.383 e. The Morgan fingerprint density at radius 1 is 1.32 bits per heavy atom. The molecule has 0 fully saturated rings. The van der Waals surface area contributed by atoms with E-state index in [2.05, 4.69) is 10.6 Å². The molecular weight excluding hydrogens is 367 g/mol. The molecule has 0 spiro atoms. The fourth-order valence-electron chi connectivity index (χ4n) is 1.53. The molecule has 0 heterocycles. The van der Waals surface area contributed by atoms with Crippen LogP contribution in [0.4, 0.5) is 0 Å². The molecule has 0 aliphatic rings. The SMILES string of the molecule is COCCNCCNC(=O)C(C)Sc1cc(Cl)ccc1Cl.Cl. The van der Waals surface area contributed by atoms with Gasteiger partial charge >= 0.3 is 0 Å². The summed E-state index contributed by atoms with van der Waals surface area (Å²) in [6.07, 6.45) is 0. The van der Waals surface area contributed by atoms with Crippen molar-refractivity contribution in [2.75, 3.05) is 33.4 Å². The lowest BCUT2D eigenvalue weighted by molar-refractivity contribution is -0.120. The zero-order valence-corrected chi connectivity index (χ0v) is 15.7. The highest BCUT2D eigenvalue weighted by molar-refractivity contribution is 8.00. The van der Waals surface area contributed by atoms with Crippen LogP contribution in [0.15, 0.2) is 23.1 Å². The first kappa shape index (κ1) is 21.8. The van der Waals surface area contributed by atoms with Gasteiger partial charge in [0, 0.05) is 36.7 Å². The van der Waals surface area contributed by atoms with Gasteiger partial charge in [0.2, 0.25) is 5.91 Å². The van der Waals surface area contributed by atoms with Crippen LogP contribution >= 0.6 is 47.4 Å². The predicted molar refractivity (Wildman–Crippen MR) is 96.8 cm³/mol. The fraction of sp³-hybridized carbons (Fsp3) is 0.500. The summed E-state index contributed by atoms with van der Waals surface area (Å²) in [5.41, 5.74) is 0. The predicted octanol–water partition coefficient (Wildman–Crippen LogP) is 3.25. The van der Waals surface area contributed by atoms with Gasteiger partial charge in [-0.25, -0.2) is 0 Å². The summed E-state index contributed by atoms with van der Waals surface area (Å²) in [7, 11) is 1.66. The molecule has 1 aromatic carbocycles. The maximum absolute atomic E-state index is 12.0. The minimum Gasteiger partial charge on any atom is -0.383 e. The van der Waals surface area contributed by atoms with Crippen LogP contribution in [0.2, 0.25) is 10.0 Å². The normalized spacial score (nSPS) is 11.6. The smallest absolute Gasteiger partial charge is 0.233 e. The second-order valence-electron chi connectivity index (χ2n) is 4.37. The van der Waals surface area contributed by atoms with Crippen LogP contribution < -0.4 is 10.6 Å². The number of thioether (sulfide) groups is 1. The van der Waals surface area contributed by atoms with Crippen LogP contribution in [0.3, 0.4) is 0 Å². The van der Waals surface area contributed by atoms with E-state index in [1.54, 1.807) is 25.3 Å². The second-order valence-corrected chi connectivity index (χ2v) is 6.59. The number of methoxy groups -OCH3 is 1. The van der Waals surface area contributed by atoms with Crippen molar-refractivity contribution >= 4 is 53.3 Å². The highest BCUT2D eigenvalue weighted by atomic mass is 35.5. The van der Waals surface area contributed by atoms with Crippen LogP contribution in [0.5, 0.6) is 0 Å². The van der Waals surface area contributed by atoms with E-state index in [4.69, 9.17) is 27.9 Å². The summed E-state index contributed by atoms with van der Waals surface area (Å²) in [5.74, 6) is -0.0235. The minimum atomic E-state index is -0.236. The second kappa shape index (κ2) is 12.3. The molecule has 0 aliphatic carbocycles. The molecule has 126 valence electrons. The first-order chi connectivity index (χ1) is 10.0. The van der Waals surface area contributed by atoms with Gasteiger partial charge in [-0.15, -0.1) is 24.2 Å². The van der Waals surface area contributed by atoms with Crippen molar-refractivity contribution in [3.63, 3.8) is 0 Å². The lowest BCUT2D eigenvalue weighted by Crippen LogP contribution is -2.36. The van der Waals surface area contributed by atoms with E-state index in [1.165, 1.54) is 11.8 Å². The van der Waals surface area contributed by atoms with E-state index >= 15 is 0 Å². The zero-order chi connectivity index (χ0) is 15.7. The van der Waals surface area contributed by atoms with Gasteiger partial charge in [0.05, 0.1) is 16.9 Å². The van der Waals surface area contributed by atoms with Gasteiger partial charge in [0.1, 0.15) is 0 Å². The number of nitrogens with one attached hydrogen (secondary N) is 2. The molecule has 2 N–H and O–H groups in total. The van der Waals surface area contributed by atoms with Gasteiger partial charge in [-0.2, -0.15) is 0 Å². The fourth-order valence-corrected chi connectivity index (χ4v) is 2.96. The molecule has 0 aliphatic heterocycles. The number of hydrogen-bond donors (Lipinski definition) is 2. The Morgan fingerprint density at radius 2 is 2.05 bits per heavy atom. The Morgan fingerprint density at radius 3 is 2.73 bits per heavy atom. The van der Waals surface area contributed by atoms with Crippen molar-refractivity contribution in [1.82, 2.24) is 10.6 Å². The monoisotopic (exact) mass is 386 g/mol. The van der Waals surface area contributed by atoms with Crippen molar-refractivity contribution in [2.24, 2.45) is 0 Å². The molecule has 1 unspecified atom stereocenters. The van der Waals surface area contributed by atoms with E-state index in [0.717, 1.165) is 11.4 Å². The van der Waals surface area contributed by atoms with Gasteiger partial charge in [0.15, 0.2) is 0 Å². The number of benzene rings is 1. The molecular formula is C14H21Cl3N2O2S. The van der Waals surface area contributed by atoms with Gasteiger partial charge in [-0.1, -0.05) is 23.2 Å². The van der Waals surface area contributed by atoms with Gasteiger partial charge < -0.3 is 15.4 Å². The Labute approximate surface area is 152 Å². The van der Waals surface area contributed by atoms with E-state index in [9.17, 15) is 4.79 Å². The molecule has 1 atom stereocenters. The molecule has 1 rings (SSSR count). The first-order valence-corrected chi connectivity index (χ1v) is 8.27. The van der Waals surface area contributed by atoms with Gasteiger partial charge in [-0.3, -0.25) is 4.79 Å². The highest BCUT2D eigenvalue weighted by Crippen LogP contribution is 2.32. The summed E-state index contributed by atoms with van der Waals surface area (Å²) in [5, 5.41) is 7.01. The standard InChI is InChI=1S/C14H20Cl2N2O2S.ClH/c1-10(14(19)18-6-5-17-7-8-20-2)21-13-9-11(15)3-4-12(13)16;/h3-4,9-10,17H,5-8H2,1-2H3,(H,18,19);1H. The van der Waals surface area contributed by atoms with Crippen LogP contribution in [0.25, 0.3) is 0 Å². The average molecular weight is 388 g/mol. The molecule has 22 heavy (non-hydrogen) atoms. The Kier molecular flexibility index (Phi) is 12.2. The quantitative estimate of drug-likeness (QED) is 0.504. The number of halogens is 3.